The number of carbonyl (C=O) groups excluding carboxylic acids is 2. The van der Waals surface area contributed by atoms with Crippen LogP contribution >= 0.6 is 7.82 Å². The minimum atomic E-state index is -4.65. The lowest BCUT2D eigenvalue weighted by atomic mass is 10.1. The number of quaternary nitrogens is 1. The van der Waals surface area contributed by atoms with Crippen LogP contribution in [0.15, 0.2) is 122 Å². The second kappa shape index (κ2) is 53.2. The number of hydrogen-bond acceptors (Lipinski definition) is 8. The van der Waals surface area contributed by atoms with Crippen LogP contribution < -0.4 is 4.89 Å². The fraction of sp³-hybridized carbons (Fsp3) is 0.651. The Labute approximate surface area is 448 Å². The first-order valence-electron chi connectivity index (χ1n) is 28.7. The summed E-state index contributed by atoms with van der Waals surface area (Å²) in [5, 5.41) is 0. The van der Waals surface area contributed by atoms with Gasteiger partial charge in [0.05, 0.1) is 27.7 Å². The van der Waals surface area contributed by atoms with E-state index in [4.69, 9.17) is 18.5 Å². The Bertz CT molecular complexity index is 1650. The molecule has 73 heavy (non-hydrogen) atoms. The minimum absolute atomic E-state index is 0.0404. The molecule has 2 unspecified atom stereocenters. The SMILES string of the molecule is CC/C=C\C/C=C\C/C=C\C/C=C\C/C=C\C/C=C\C/C=C\C/C=C\C/C=C\CCCCCCCCCC(=O)OC(COC(=O)CCCCCCC/C=C\CCCCCCC)COP(=O)([O-])OCC[N+](C)(C)C. The lowest BCUT2D eigenvalue weighted by Gasteiger charge is -2.28. The zero-order valence-electron chi connectivity index (χ0n) is 47.0. The van der Waals surface area contributed by atoms with Crippen LogP contribution in [0.2, 0.25) is 0 Å². The number of allylic oxidation sites excluding steroid dienone is 20. The number of phosphoric acid groups is 1. The van der Waals surface area contributed by atoms with Gasteiger partial charge < -0.3 is 27.9 Å². The van der Waals surface area contributed by atoms with E-state index in [-0.39, 0.29) is 26.1 Å². The molecule has 0 fully saturated rings. The molecule has 0 heterocycles. The van der Waals surface area contributed by atoms with E-state index in [1.807, 2.05) is 21.1 Å². The molecule has 0 N–H and O–H groups in total. The van der Waals surface area contributed by atoms with E-state index >= 15 is 0 Å². The average molecular weight is 1040 g/mol. The summed E-state index contributed by atoms with van der Waals surface area (Å²) in [6.07, 6.45) is 75.3. The number of nitrogens with zero attached hydrogens (tertiary/aromatic N) is 1. The van der Waals surface area contributed by atoms with Gasteiger partial charge in [0.2, 0.25) is 0 Å². The van der Waals surface area contributed by atoms with Crippen molar-refractivity contribution in [3.05, 3.63) is 122 Å². The molecule has 0 aromatic heterocycles. The Hall–Kier alpha value is -3.59. The minimum Gasteiger partial charge on any atom is -0.756 e. The van der Waals surface area contributed by atoms with Crippen molar-refractivity contribution in [2.24, 2.45) is 0 Å². The summed E-state index contributed by atoms with van der Waals surface area (Å²) in [5.41, 5.74) is 0. The van der Waals surface area contributed by atoms with Crippen LogP contribution in [-0.4, -0.2) is 70.0 Å². The molecule has 10 heteroatoms. The van der Waals surface area contributed by atoms with Gasteiger partial charge in [-0.15, -0.1) is 0 Å². The van der Waals surface area contributed by atoms with E-state index in [0.717, 1.165) is 122 Å². The van der Waals surface area contributed by atoms with Crippen LogP contribution in [0.5, 0.6) is 0 Å². The standard InChI is InChI=1S/C63H106NO8P/c1-6-8-10-12-14-16-18-20-22-23-24-25-26-27-28-29-30-31-32-33-34-35-36-37-38-39-40-41-42-44-46-48-50-52-54-56-63(66)72-61(60-71-73(67,68)70-58-57-64(3,4)5)59-69-62(65)55-53-51-49-47-45-43-21-19-17-15-13-11-9-7-2/h8,10,14,16,19-22,24-25,27-28,30-31,33-34,36-37,39-40,61H,6-7,9,11-13,15,17-18,23,26,29,32,35,38,41-60H2,1-5H3/b10-8-,16-14-,21-19-,22-20-,25-24-,28-27-,31-30-,34-33-,37-36-,40-39-. The summed E-state index contributed by atoms with van der Waals surface area (Å²) in [7, 11) is 1.14. The van der Waals surface area contributed by atoms with Crippen molar-refractivity contribution in [3.8, 4) is 0 Å². The van der Waals surface area contributed by atoms with Crippen molar-refractivity contribution >= 4 is 19.8 Å². The summed E-state index contributed by atoms with van der Waals surface area (Å²) < 4.78 is 34.1. The van der Waals surface area contributed by atoms with Gasteiger partial charge >= 0.3 is 11.9 Å². The van der Waals surface area contributed by atoms with Crippen molar-refractivity contribution in [2.75, 3.05) is 47.5 Å². The first-order chi connectivity index (χ1) is 35.5. The monoisotopic (exact) mass is 1040 g/mol. The molecule has 0 aromatic rings. The normalized spacial score (nSPS) is 14.2. The lowest BCUT2D eigenvalue weighted by Crippen LogP contribution is -2.37. The molecule has 2 atom stereocenters. The van der Waals surface area contributed by atoms with E-state index in [9.17, 15) is 19.0 Å². The van der Waals surface area contributed by atoms with Gasteiger partial charge in [-0.25, -0.2) is 0 Å². The van der Waals surface area contributed by atoms with Crippen LogP contribution in [-0.2, 0) is 32.7 Å². The topological polar surface area (TPSA) is 111 Å². The molecule has 0 radical (unpaired) electrons. The van der Waals surface area contributed by atoms with Crippen molar-refractivity contribution in [3.63, 3.8) is 0 Å². The second-order valence-corrected chi connectivity index (χ2v) is 21.3. The highest BCUT2D eigenvalue weighted by Gasteiger charge is 2.21. The highest BCUT2D eigenvalue weighted by atomic mass is 31.2. The van der Waals surface area contributed by atoms with Gasteiger partial charge in [0.1, 0.15) is 19.8 Å². The molecule has 0 bridgehead atoms. The first-order valence-corrected chi connectivity index (χ1v) is 30.2. The van der Waals surface area contributed by atoms with Gasteiger partial charge in [-0.2, -0.15) is 0 Å². The number of unbranched alkanes of at least 4 members (excludes halogenated alkanes) is 17. The third-order valence-electron chi connectivity index (χ3n) is 11.7. The second-order valence-electron chi connectivity index (χ2n) is 19.9. The maximum Gasteiger partial charge on any atom is 0.306 e. The molecule has 0 rings (SSSR count). The lowest BCUT2D eigenvalue weighted by molar-refractivity contribution is -0.870. The van der Waals surface area contributed by atoms with Crippen LogP contribution in [0.4, 0.5) is 0 Å². The fourth-order valence-corrected chi connectivity index (χ4v) is 8.02. The Morgan fingerprint density at radius 2 is 0.781 bits per heavy atom. The van der Waals surface area contributed by atoms with Gasteiger partial charge in [0.15, 0.2) is 6.10 Å². The summed E-state index contributed by atoms with van der Waals surface area (Å²) in [5.74, 6) is -0.864. The number of ether oxygens (including phenoxy) is 2. The number of carbonyl (C=O) groups is 2. The Balaban J connectivity index is 4.19. The largest absolute Gasteiger partial charge is 0.756 e. The first kappa shape index (κ1) is 69.4. The van der Waals surface area contributed by atoms with Crippen molar-refractivity contribution in [2.45, 2.75) is 219 Å². The van der Waals surface area contributed by atoms with Gasteiger partial charge in [-0.05, 0) is 109 Å². The quantitative estimate of drug-likeness (QED) is 0.0195. The summed E-state index contributed by atoms with van der Waals surface area (Å²) in [6.45, 7) is 4.07. The zero-order chi connectivity index (χ0) is 53.5. The van der Waals surface area contributed by atoms with Crippen molar-refractivity contribution in [1.29, 1.82) is 0 Å². The summed E-state index contributed by atoms with van der Waals surface area (Å²) in [6, 6.07) is 0. The molecular formula is C63H106NO8P. The smallest absolute Gasteiger partial charge is 0.306 e. The van der Waals surface area contributed by atoms with Gasteiger partial charge in [0.25, 0.3) is 7.82 Å². The maximum atomic E-state index is 12.8. The van der Waals surface area contributed by atoms with Crippen molar-refractivity contribution in [1.82, 2.24) is 0 Å². The van der Waals surface area contributed by atoms with Gasteiger partial charge in [-0.3, -0.25) is 14.2 Å². The highest BCUT2D eigenvalue weighted by Crippen LogP contribution is 2.38. The summed E-state index contributed by atoms with van der Waals surface area (Å²) >= 11 is 0. The van der Waals surface area contributed by atoms with Crippen LogP contribution in [0.1, 0.15) is 213 Å². The Morgan fingerprint density at radius 1 is 0.438 bits per heavy atom. The molecule has 0 aromatic carbocycles. The maximum absolute atomic E-state index is 12.8. The number of likely N-dealkylation sites (N-methyl/N-ethyl adjacent to an activating group) is 1. The van der Waals surface area contributed by atoms with E-state index in [2.05, 4.69) is 135 Å². The number of esters is 2. The van der Waals surface area contributed by atoms with Gasteiger partial charge in [-0.1, -0.05) is 212 Å². The van der Waals surface area contributed by atoms with Gasteiger partial charge in [0, 0.05) is 12.8 Å². The van der Waals surface area contributed by atoms with E-state index < -0.39 is 32.5 Å². The molecule has 0 aliphatic carbocycles. The molecule has 416 valence electrons. The fourth-order valence-electron chi connectivity index (χ4n) is 7.29. The molecule has 0 saturated heterocycles. The highest BCUT2D eigenvalue weighted by molar-refractivity contribution is 7.45. The van der Waals surface area contributed by atoms with Crippen LogP contribution in [0, 0.1) is 0 Å². The van der Waals surface area contributed by atoms with E-state index in [1.165, 1.54) is 51.4 Å². The molecule has 0 aliphatic heterocycles. The Morgan fingerprint density at radius 3 is 1.18 bits per heavy atom. The molecule has 0 amide bonds. The summed E-state index contributed by atoms with van der Waals surface area (Å²) in [4.78, 5) is 37.8. The van der Waals surface area contributed by atoms with Crippen molar-refractivity contribution < 1.29 is 42.1 Å². The van der Waals surface area contributed by atoms with E-state index in [1.54, 1.807) is 0 Å². The Kier molecular flexibility index (Phi) is 50.6. The third-order valence-corrected chi connectivity index (χ3v) is 12.7. The third kappa shape index (κ3) is 57.5. The number of phosphoric ester groups is 1. The number of rotatable bonds is 51. The zero-order valence-corrected chi connectivity index (χ0v) is 47.9. The average Bonchev–Trinajstić information content (AvgIpc) is 3.35. The predicted molar refractivity (Wildman–Crippen MR) is 309 cm³/mol. The molecule has 0 saturated carbocycles. The molecule has 9 nitrogen and oxygen atoms in total. The number of hydrogen-bond donors (Lipinski definition) is 0. The van der Waals surface area contributed by atoms with Crippen LogP contribution in [0.3, 0.4) is 0 Å². The molecular weight excluding hydrogens is 930 g/mol. The predicted octanol–water partition coefficient (Wildman–Crippen LogP) is 17.3. The van der Waals surface area contributed by atoms with Crippen LogP contribution in [0.25, 0.3) is 0 Å². The van der Waals surface area contributed by atoms with E-state index in [0.29, 0.717) is 23.9 Å². The molecule has 0 aliphatic rings. The molecule has 0 spiro atoms.